The molecule has 2 aromatic rings. The highest BCUT2D eigenvalue weighted by atomic mass is 16.6. The minimum Gasteiger partial charge on any atom is -0.486 e. The van der Waals surface area contributed by atoms with E-state index in [1.807, 2.05) is 18.2 Å². The number of hydrogen-bond acceptors (Lipinski definition) is 5. The Morgan fingerprint density at radius 3 is 2.64 bits per heavy atom. The Kier molecular flexibility index (Phi) is 5.43. The number of carbonyl (C=O) groups is 2. The summed E-state index contributed by atoms with van der Waals surface area (Å²) < 4.78 is 11.0. The number of hydrogen-bond donors (Lipinski definition) is 2. The van der Waals surface area contributed by atoms with Gasteiger partial charge in [-0.05, 0) is 37.1 Å². The zero-order valence-corrected chi connectivity index (χ0v) is 15.5. The highest BCUT2D eigenvalue weighted by Gasteiger charge is 2.27. The monoisotopic (exact) mass is 381 g/mol. The lowest BCUT2D eigenvalue weighted by molar-refractivity contribution is -0.121. The first kappa shape index (κ1) is 18.3. The number of carbonyl (C=O) groups excluding carboxylic acids is 2. The van der Waals surface area contributed by atoms with Gasteiger partial charge >= 0.3 is 6.03 Å². The molecule has 0 radical (unpaired) electrons. The van der Waals surface area contributed by atoms with E-state index in [9.17, 15) is 9.59 Å². The zero-order chi connectivity index (χ0) is 19.3. The van der Waals surface area contributed by atoms with Gasteiger partial charge in [-0.25, -0.2) is 4.79 Å². The van der Waals surface area contributed by atoms with Crippen LogP contribution in [0.2, 0.25) is 0 Å². The van der Waals surface area contributed by atoms with E-state index >= 15 is 0 Å². The molecule has 7 nitrogen and oxygen atoms in total. The summed E-state index contributed by atoms with van der Waals surface area (Å²) in [5.74, 6) is 0.908. The molecule has 2 heterocycles. The van der Waals surface area contributed by atoms with Crippen molar-refractivity contribution in [1.82, 2.24) is 10.2 Å². The fourth-order valence-corrected chi connectivity index (χ4v) is 3.70. The summed E-state index contributed by atoms with van der Waals surface area (Å²) in [5, 5.41) is 5.07. The molecule has 2 aliphatic heterocycles. The molecule has 0 unspecified atom stereocenters. The van der Waals surface area contributed by atoms with Crippen LogP contribution in [0.4, 0.5) is 10.5 Å². The Bertz CT molecular complexity index is 856. The van der Waals surface area contributed by atoms with Crippen LogP contribution < -0.4 is 20.1 Å². The Morgan fingerprint density at radius 1 is 1.04 bits per heavy atom. The molecule has 0 aromatic heterocycles. The Hall–Kier alpha value is -3.06. The summed E-state index contributed by atoms with van der Waals surface area (Å²) in [4.78, 5) is 26.6. The number of ether oxygens (including phenoxy) is 2. The van der Waals surface area contributed by atoms with E-state index < -0.39 is 6.03 Å². The highest BCUT2D eigenvalue weighted by Crippen LogP contribution is 2.33. The maximum Gasteiger partial charge on any atom is 0.325 e. The molecule has 1 fully saturated rings. The minimum atomic E-state index is -0.558. The van der Waals surface area contributed by atoms with E-state index in [0.29, 0.717) is 30.4 Å². The number of anilines is 1. The Morgan fingerprint density at radius 2 is 1.82 bits per heavy atom. The third kappa shape index (κ3) is 4.26. The lowest BCUT2D eigenvalue weighted by Gasteiger charge is -2.24. The third-order valence-electron chi connectivity index (χ3n) is 4.95. The average Bonchev–Trinajstić information content (AvgIpc) is 3.16. The van der Waals surface area contributed by atoms with Gasteiger partial charge in [0.1, 0.15) is 13.2 Å². The quantitative estimate of drug-likeness (QED) is 0.851. The number of imide groups is 1. The predicted molar refractivity (Wildman–Crippen MR) is 105 cm³/mol. The maximum atomic E-state index is 12.4. The molecule has 2 aromatic carbocycles. The van der Waals surface area contributed by atoms with Crippen molar-refractivity contribution in [2.45, 2.75) is 18.9 Å². The molecule has 1 atom stereocenters. The number of rotatable bonds is 4. The molecule has 0 aliphatic carbocycles. The van der Waals surface area contributed by atoms with Crippen LogP contribution in [0.15, 0.2) is 48.5 Å². The van der Waals surface area contributed by atoms with E-state index in [1.165, 1.54) is 5.56 Å². The van der Waals surface area contributed by atoms with Gasteiger partial charge in [0.25, 0.3) is 0 Å². The topological polar surface area (TPSA) is 79.9 Å². The van der Waals surface area contributed by atoms with Gasteiger partial charge in [-0.15, -0.1) is 0 Å². The van der Waals surface area contributed by atoms with Crippen molar-refractivity contribution < 1.29 is 19.1 Å². The summed E-state index contributed by atoms with van der Waals surface area (Å²) in [6.07, 6.45) is 2.05. The van der Waals surface area contributed by atoms with Gasteiger partial charge < -0.3 is 14.8 Å². The molecule has 28 heavy (non-hydrogen) atoms. The molecule has 4 rings (SSSR count). The molecular weight excluding hydrogens is 358 g/mol. The molecule has 3 amide bonds. The molecule has 0 saturated carbocycles. The SMILES string of the molecule is O=C(CN1CCC[C@@H]1c1ccccc1)NC(=O)Nc1ccc2c(c1)OCCO2. The summed E-state index contributed by atoms with van der Waals surface area (Å²) in [5.41, 5.74) is 1.74. The van der Waals surface area contributed by atoms with Gasteiger partial charge in [-0.1, -0.05) is 30.3 Å². The molecule has 7 heteroatoms. The summed E-state index contributed by atoms with van der Waals surface area (Å²) in [6, 6.07) is 14.9. The normalized spacial score (nSPS) is 18.5. The number of urea groups is 1. The number of nitrogens with one attached hydrogen (secondary N) is 2. The van der Waals surface area contributed by atoms with Crippen LogP contribution >= 0.6 is 0 Å². The zero-order valence-electron chi connectivity index (χ0n) is 15.5. The highest BCUT2D eigenvalue weighted by molar-refractivity contribution is 6.01. The van der Waals surface area contributed by atoms with Crippen molar-refractivity contribution in [3.8, 4) is 11.5 Å². The standard InChI is InChI=1S/C21H23N3O4/c25-20(14-24-10-4-7-17(24)15-5-2-1-3-6-15)23-21(26)22-16-8-9-18-19(13-16)28-12-11-27-18/h1-3,5-6,8-9,13,17H,4,7,10-12,14H2,(H2,22,23,25,26)/t17-/m1/s1. The number of nitrogens with zero attached hydrogens (tertiary/aromatic N) is 1. The van der Waals surface area contributed by atoms with Gasteiger partial charge in [0.05, 0.1) is 6.54 Å². The van der Waals surface area contributed by atoms with Crippen LogP contribution in [0.1, 0.15) is 24.4 Å². The van der Waals surface area contributed by atoms with Crippen molar-refractivity contribution in [1.29, 1.82) is 0 Å². The second kappa shape index (κ2) is 8.31. The van der Waals surface area contributed by atoms with Crippen LogP contribution in [0.25, 0.3) is 0 Å². The average molecular weight is 381 g/mol. The molecular formula is C21H23N3O4. The summed E-state index contributed by atoms with van der Waals surface area (Å²) in [6.45, 7) is 2.01. The van der Waals surface area contributed by atoms with Crippen molar-refractivity contribution in [2.24, 2.45) is 0 Å². The fourth-order valence-electron chi connectivity index (χ4n) is 3.70. The Balaban J connectivity index is 1.31. The minimum absolute atomic E-state index is 0.189. The van der Waals surface area contributed by atoms with Crippen molar-refractivity contribution in [3.05, 3.63) is 54.1 Å². The maximum absolute atomic E-state index is 12.4. The van der Waals surface area contributed by atoms with Crippen LogP contribution in [0.3, 0.4) is 0 Å². The van der Waals surface area contributed by atoms with E-state index in [0.717, 1.165) is 19.4 Å². The van der Waals surface area contributed by atoms with Gasteiger partial charge in [-0.2, -0.15) is 0 Å². The van der Waals surface area contributed by atoms with Crippen LogP contribution in [0.5, 0.6) is 11.5 Å². The first-order valence-electron chi connectivity index (χ1n) is 9.48. The fraction of sp³-hybridized carbons (Fsp3) is 0.333. The lowest BCUT2D eigenvalue weighted by Crippen LogP contribution is -2.41. The summed E-state index contributed by atoms with van der Waals surface area (Å²) >= 11 is 0. The van der Waals surface area contributed by atoms with Crippen molar-refractivity contribution >= 4 is 17.6 Å². The molecule has 1 saturated heterocycles. The van der Waals surface area contributed by atoms with E-state index in [4.69, 9.17) is 9.47 Å². The van der Waals surface area contributed by atoms with Crippen molar-refractivity contribution in [3.63, 3.8) is 0 Å². The summed E-state index contributed by atoms with van der Waals surface area (Å²) in [7, 11) is 0. The van der Waals surface area contributed by atoms with Gasteiger partial charge in [0.2, 0.25) is 5.91 Å². The van der Waals surface area contributed by atoms with Crippen molar-refractivity contribution in [2.75, 3.05) is 31.6 Å². The number of fused-ring (bicyclic) bond motifs is 1. The number of likely N-dealkylation sites (tertiary alicyclic amines) is 1. The number of benzene rings is 2. The first-order valence-corrected chi connectivity index (χ1v) is 9.48. The van der Waals surface area contributed by atoms with Gasteiger partial charge in [0.15, 0.2) is 11.5 Å². The lowest BCUT2D eigenvalue weighted by atomic mass is 10.0. The Labute approximate surface area is 163 Å². The molecule has 2 aliphatic rings. The molecule has 2 N–H and O–H groups in total. The van der Waals surface area contributed by atoms with Crippen LogP contribution in [-0.4, -0.2) is 43.1 Å². The third-order valence-corrected chi connectivity index (χ3v) is 4.95. The second-order valence-electron chi connectivity index (χ2n) is 6.90. The predicted octanol–water partition coefficient (Wildman–Crippen LogP) is 2.94. The molecule has 0 bridgehead atoms. The van der Waals surface area contributed by atoms with Crippen LogP contribution in [-0.2, 0) is 4.79 Å². The molecule has 0 spiro atoms. The van der Waals surface area contributed by atoms with E-state index in [2.05, 4.69) is 27.7 Å². The molecule has 146 valence electrons. The van der Waals surface area contributed by atoms with Crippen LogP contribution in [0, 0.1) is 0 Å². The van der Waals surface area contributed by atoms with Gasteiger partial charge in [0, 0.05) is 17.8 Å². The smallest absolute Gasteiger partial charge is 0.325 e. The van der Waals surface area contributed by atoms with E-state index in [1.54, 1.807) is 18.2 Å². The van der Waals surface area contributed by atoms with E-state index in [-0.39, 0.29) is 18.5 Å². The number of amides is 3. The van der Waals surface area contributed by atoms with Gasteiger partial charge in [-0.3, -0.25) is 15.0 Å². The second-order valence-corrected chi connectivity index (χ2v) is 6.90. The largest absolute Gasteiger partial charge is 0.486 e. The first-order chi connectivity index (χ1) is 13.7.